The maximum Gasteiger partial charge on any atom is 0.0659 e. The van der Waals surface area contributed by atoms with E-state index in [1.54, 1.807) is 0 Å². The Balaban J connectivity index is 1.88. The van der Waals surface area contributed by atoms with Crippen molar-refractivity contribution in [2.24, 2.45) is 11.8 Å². The predicted molar refractivity (Wildman–Crippen MR) is 99.2 cm³/mol. The van der Waals surface area contributed by atoms with Crippen LogP contribution >= 0.6 is 0 Å². The Bertz CT molecular complexity index is 715. The van der Waals surface area contributed by atoms with Crippen molar-refractivity contribution < 1.29 is 0 Å². The summed E-state index contributed by atoms with van der Waals surface area (Å²) in [5, 5.41) is 21.1. The summed E-state index contributed by atoms with van der Waals surface area (Å²) in [5.41, 5.74) is 1.26. The zero-order valence-corrected chi connectivity index (χ0v) is 14.5. The highest BCUT2D eigenvalue weighted by Crippen LogP contribution is 2.24. The van der Waals surface area contributed by atoms with Gasteiger partial charge in [0, 0.05) is 5.92 Å². The molecule has 2 aromatic carbocycles. The van der Waals surface area contributed by atoms with Crippen molar-refractivity contribution in [3.8, 4) is 12.1 Å². The highest BCUT2D eigenvalue weighted by atomic mass is 14.3. The van der Waals surface area contributed by atoms with Gasteiger partial charge in [0.1, 0.15) is 0 Å². The molecule has 0 heterocycles. The van der Waals surface area contributed by atoms with Crippen molar-refractivity contribution in [2.75, 3.05) is 0 Å². The quantitative estimate of drug-likeness (QED) is 0.530. The fourth-order valence-electron chi connectivity index (χ4n) is 3.35. The maximum atomic E-state index is 9.50. The van der Waals surface area contributed by atoms with Crippen LogP contribution in [0.1, 0.15) is 51.0 Å². The van der Waals surface area contributed by atoms with Gasteiger partial charge in [0.05, 0.1) is 18.1 Å². The molecule has 2 nitrogen and oxygen atoms in total. The molecule has 24 heavy (non-hydrogen) atoms. The van der Waals surface area contributed by atoms with Crippen LogP contribution in [0.2, 0.25) is 0 Å². The Morgan fingerprint density at radius 3 is 2.21 bits per heavy atom. The Hall–Kier alpha value is -2.32. The smallest absolute Gasteiger partial charge is 0.0659 e. The molecule has 2 rings (SSSR count). The lowest BCUT2D eigenvalue weighted by Gasteiger charge is -2.12. The van der Waals surface area contributed by atoms with Crippen LogP contribution in [0.5, 0.6) is 0 Å². The Labute approximate surface area is 145 Å². The van der Waals surface area contributed by atoms with Gasteiger partial charge in [0.25, 0.3) is 0 Å². The molecule has 2 atom stereocenters. The highest BCUT2D eigenvalue weighted by molar-refractivity contribution is 5.85. The monoisotopic (exact) mass is 318 g/mol. The summed E-state index contributed by atoms with van der Waals surface area (Å²) in [5.74, 6) is 0.246. The van der Waals surface area contributed by atoms with Crippen LogP contribution < -0.4 is 0 Å². The zero-order valence-electron chi connectivity index (χ0n) is 14.5. The van der Waals surface area contributed by atoms with E-state index < -0.39 is 0 Å². The van der Waals surface area contributed by atoms with Crippen molar-refractivity contribution in [1.29, 1.82) is 10.5 Å². The Morgan fingerprint density at radius 1 is 0.833 bits per heavy atom. The van der Waals surface area contributed by atoms with Gasteiger partial charge in [0.2, 0.25) is 0 Å². The van der Waals surface area contributed by atoms with Crippen molar-refractivity contribution in [2.45, 2.75) is 51.9 Å². The van der Waals surface area contributed by atoms with Gasteiger partial charge in [-0.2, -0.15) is 10.5 Å². The standard InChI is InChI=1S/C22H26N2/c1-2-8-18(16-23)9-3-4-10-19(17-24)15-21-13-7-12-20-11-5-6-14-22(20)21/h5-7,11-14,18-19H,2-4,8-10,15H2,1H3. The molecule has 0 N–H and O–H groups in total. The first kappa shape index (κ1) is 18.0. The third kappa shape index (κ3) is 5.10. The van der Waals surface area contributed by atoms with Gasteiger partial charge in [-0.3, -0.25) is 0 Å². The minimum atomic E-state index is 0.0579. The largest absolute Gasteiger partial charge is 0.198 e. The number of hydrogen-bond donors (Lipinski definition) is 0. The minimum Gasteiger partial charge on any atom is -0.198 e. The zero-order chi connectivity index (χ0) is 17.2. The molecule has 0 saturated carbocycles. The Morgan fingerprint density at radius 2 is 1.50 bits per heavy atom. The molecule has 124 valence electrons. The number of benzene rings is 2. The molecule has 0 aliphatic rings. The lowest BCUT2D eigenvalue weighted by molar-refractivity contribution is 0.480. The van der Waals surface area contributed by atoms with E-state index >= 15 is 0 Å². The fraction of sp³-hybridized carbons (Fsp3) is 0.455. The molecule has 0 fully saturated rings. The van der Waals surface area contributed by atoms with E-state index in [0.29, 0.717) is 0 Å². The summed E-state index contributed by atoms with van der Waals surface area (Å²) in [7, 11) is 0. The fourth-order valence-corrected chi connectivity index (χ4v) is 3.35. The van der Waals surface area contributed by atoms with Gasteiger partial charge >= 0.3 is 0 Å². The molecular weight excluding hydrogens is 292 g/mol. The first-order valence-electron chi connectivity index (χ1n) is 9.04. The summed E-state index contributed by atoms with van der Waals surface area (Å²) >= 11 is 0. The van der Waals surface area contributed by atoms with E-state index in [2.05, 4.69) is 61.5 Å². The van der Waals surface area contributed by atoms with E-state index in [1.165, 1.54) is 16.3 Å². The number of nitrogens with zero attached hydrogens (tertiary/aromatic N) is 2. The molecule has 0 radical (unpaired) electrons. The van der Waals surface area contributed by atoms with Crippen molar-refractivity contribution in [3.63, 3.8) is 0 Å². The van der Waals surface area contributed by atoms with Crippen molar-refractivity contribution in [1.82, 2.24) is 0 Å². The normalized spacial score (nSPS) is 13.1. The highest BCUT2D eigenvalue weighted by Gasteiger charge is 2.12. The lowest BCUT2D eigenvalue weighted by atomic mass is 9.91. The summed E-state index contributed by atoms with van der Waals surface area (Å²) in [6.45, 7) is 2.13. The van der Waals surface area contributed by atoms with Gasteiger partial charge < -0.3 is 0 Å². The minimum absolute atomic E-state index is 0.0579. The van der Waals surface area contributed by atoms with Crippen LogP contribution in [0.3, 0.4) is 0 Å². The van der Waals surface area contributed by atoms with E-state index in [1.807, 2.05) is 0 Å². The molecule has 0 spiro atoms. The van der Waals surface area contributed by atoms with E-state index in [-0.39, 0.29) is 11.8 Å². The Kier molecular flexibility index (Phi) is 7.31. The van der Waals surface area contributed by atoms with Gasteiger partial charge in [-0.1, -0.05) is 68.7 Å². The maximum absolute atomic E-state index is 9.50. The SMILES string of the molecule is CCCC(C#N)CCCCC(C#N)Cc1cccc2ccccc12. The second-order valence-electron chi connectivity index (χ2n) is 6.57. The number of rotatable bonds is 9. The first-order valence-corrected chi connectivity index (χ1v) is 9.04. The molecule has 0 saturated heterocycles. The molecular formula is C22H26N2. The molecule has 0 amide bonds. The van der Waals surface area contributed by atoms with Crippen LogP contribution in [0.25, 0.3) is 10.8 Å². The number of fused-ring (bicyclic) bond motifs is 1. The number of nitriles is 2. The van der Waals surface area contributed by atoms with E-state index in [4.69, 9.17) is 5.26 Å². The van der Waals surface area contributed by atoms with E-state index in [9.17, 15) is 5.26 Å². The molecule has 0 bridgehead atoms. The van der Waals surface area contributed by atoms with E-state index in [0.717, 1.165) is 44.9 Å². The summed E-state index contributed by atoms with van der Waals surface area (Å²) in [6.07, 6.45) is 6.85. The van der Waals surface area contributed by atoms with Crippen LogP contribution in [0.4, 0.5) is 0 Å². The lowest BCUT2D eigenvalue weighted by Crippen LogP contribution is -2.03. The second-order valence-corrected chi connectivity index (χ2v) is 6.57. The second kappa shape index (κ2) is 9.74. The molecule has 2 unspecified atom stereocenters. The van der Waals surface area contributed by atoms with Crippen LogP contribution in [0, 0.1) is 34.5 Å². The van der Waals surface area contributed by atoms with Gasteiger partial charge in [-0.25, -0.2) is 0 Å². The molecule has 0 aromatic heterocycles. The van der Waals surface area contributed by atoms with Gasteiger partial charge in [-0.15, -0.1) is 0 Å². The number of hydrogen-bond acceptors (Lipinski definition) is 2. The number of unbranched alkanes of at least 4 members (excludes halogenated alkanes) is 1. The summed E-state index contributed by atoms with van der Waals surface area (Å²) in [4.78, 5) is 0. The van der Waals surface area contributed by atoms with Crippen molar-refractivity contribution in [3.05, 3.63) is 48.0 Å². The average molecular weight is 318 g/mol. The van der Waals surface area contributed by atoms with Crippen molar-refractivity contribution >= 4 is 10.8 Å². The average Bonchev–Trinajstić information content (AvgIpc) is 2.63. The third-order valence-corrected chi connectivity index (χ3v) is 4.70. The molecule has 0 aliphatic heterocycles. The molecule has 2 heteroatoms. The molecule has 2 aromatic rings. The predicted octanol–water partition coefficient (Wildman–Crippen LogP) is 6.02. The summed E-state index contributed by atoms with van der Waals surface area (Å²) < 4.78 is 0. The van der Waals surface area contributed by atoms with Crippen LogP contribution in [-0.4, -0.2) is 0 Å². The van der Waals surface area contributed by atoms with Crippen LogP contribution in [-0.2, 0) is 6.42 Å². The first-order chi connectivity index (χ1) is 11.8. The van der Waals surface area contributed by atoms with Crippen LogP contribution in [0.15, 0.2) is 42.5 Å². The summed E-state index contributed by atoms with van der Waals surface area (Å²) in [6, 6.07) is 19.6. The third-order valence-electron chi connectivity index (χ3n) is 4.70. The van der Waals surface area contributed by atoms with Gasteiger partial charge in [-0.05, 0) is 42.0 Å². The topological polar surface area (TPSA) is 47.6 Å². The molecule has 0 aliphatic carbocycles. The van der Waals surface area contributed by atoms with Gasteiger partial charge in [0.15, 0.2) is 0 Å².